The largest absolute Gasteiger partial charge is 0.384 e. The summed E-state index contributed by atoms with van der Waals surface area (Å²) in [7, 11) is 8.06. The van der Waals surface area contributed by atoms with E-state index in [9.17, 15) is 4.79 Å². The summed E-state index contributed by atoms with van der Waals surface area (Å²) in [6.45, 7) is 6.59. The van der Waals surface area contributed by atoms with Crippen LogP contribution in [0.2, 0.25) is 0 Å². The van der Waals surface area contributed by atoms with Crippen molar-refractivity contribution in [2.45, 2.75) is 78.2 Å². The van der Waals surface area contributed by atoms with Crippen LogP contribution in [0, 0.1) is 46.3 Å². The molecule has 33 heavy (non-hydrogen) atoms. The first-order valence-electron chi connectivity index (χ1n) is 13.7. The van der Waals surface area contributed by atoms with Gasteiger partial charge in [-0.15, -0.1) is 0 Å². The average Bonchev–Trinajstić information content (AvgIpc) is 3.25. The van der Waals surface area contributed by atoms with Crippen LogP contribution in [-0.4, -0.2) is 52.6 Å². The minimum absolute atomic E-state index is 0.201. The molecule has 0 saturated heterocycles. The Morgan fingerprint density at radius 3 is 2.45 bits per heavy atom. The number of ketones is 1. The van der Waals surface area contributed by atoms with Gasteiger partial charge in [-0.2, -0.15) is 0 Å². The van der Waals surface area contributed by atoms with E-state index in [1.54, 1.807) is 0 Å². The SMILES string of the molecule is Bc1nc(B)n(CC(=O)C2CCC3C4CCC5CC(COC)CCC5(C)C4CCC23C)c1B. The van der Waals surface area contributed by atoms with Gasteiger partial charge in [0.2, 0.25) is 0 Å². The van der Waals surface area contributed by atoms with Crippen molar-refractivity contribution in [1.82, 2.24) is 9.55 Å². The highest BCUT2D eigenvalue weighted by Crippen LogP contribution is 2.67. The molecule has 0 aliphatic heterocycles. The molecule has 0 amide bonds. The third-order valence-corrected chi connectivity index (χ3v) is 11.5. The van der Waals surface area contributed by atoms with Crippen LogP contribution in [0.4, 0.5) is 0 Å². The number of hydrogen-bond acceptors (Lipinski definition) is 3. The monoisotopic (exact) mass is 448 g/mol. The number of ether oxygens (including phenoxy) is 1. The fourth-order valence-corrected chi connectivity index (χ4v) is 9.58. The fraction of sp³-hybridized carbons (Fsp3) is 0.846. The van der Waals surface area contributed by atoms with E-state index in [4.69, 9.17) is 4.74 Å². The number of carbonyl (C=O) groups excluding carboxylic acids is 1. The Kier molecular flexibility index (Phi) is 6.20. The Morgan fingerprint density at radius 2 is 1.76 bits per heavy atom. The quantitative estimate of drug-likeness (QED) is 0.603. The summed E-state index contributed by atoms with van der Waals surface area (Å²) >= 11 is 0. The third-order valence-electron chi connectivity index (χ3n) is 11.5. The topological polar surface area (TPSA) is 44.1 Å². The molecule has 1 aromatic heterocycles. The molecule has 0 aromatic carbocycles. The Labute approximate surface area is 203 Å². The molecule has 0 N–H and O–H groups in total. The van der Waals surface area contributed by atoms with Crippen LogP contribution in [0.3, 0.4) is 0 Å². The number of rotatable bonds is 5. The number of carbonyl (C=O) groups is 1. The molecule has 178 valence electrons. The number of Topliss-reactive ketones (excluding diaryl/α,β-unsaturated/α-hetero) is 1. The Bertz CT molecular complexity index is 920. The van der Waals surface area contributed by atoms with Crippen LogP contribution in [-0.2, 0) is 16.1 Å². The number of hydrogen-bond donors (Lipinski definition) is 0. The first kappa shape index (κ1) is 23.8. The lowest BCUT2D eigenvalue weighted by atomic mass is 9.44. The molecule has 4 nitrogen and oxygen atoms in total. The molecule has 0 bridgehead atoms. The maximum absolute atomic E-state index is 13.7. The summed E-state index contributed by atoms with van der Waals surface area (Å²) in [5.74, 6) is 4.78. The average molecular weight is 448 g/mol. The molecule has 7 heteroatoms. The van der Waals surface area contributed by atoms with E-state index in [1.807, 2.05) is 15.0 Å². The lowest BCUT2D eigenvalue weighted by Gasteiger charge is -2.61. The fourth-order valence-electron chi connectivity index (χ4n) is 9.58. The van der Waals surface area contributed by atoms with Crippen molar-refractivity contribution in [3.05, 3.63) is 0 Å². The number of aromatic nitrogens is 2. The van der Waals surface area contributed by atoms with Gasteiger partial charge in [0.1, 0.15) is 0 Å². The van der Waals surface area contributed by atoms with Crippen molar-refractivity contribution >= 4 is 46.2 Å². The van der Waals surface area contributed by atoms with E-state index in [1.165, 1.54) is 51.4 Å². The molecule has 4 aliphatic carbocycles. The van der Waals surface area contributed by atoms with Crippen molar-refractivity contribution in [3.8, 4) is 0 Å². The van der Waals surface area contributed by atoms with E-state index in [0.29, 0.717) is 17.7 Å². The molecular weight excluding hydrogens is 405 g/mol. The highest BCUT2D eigenvalue weighted by atomic mass is 16.5. The van der Waals surface area contributed by atoms with Gasteiger partial charge in [0.15, 0.2) is 29.3 Å². The van der Waals surface area contributed by atoms with E-state index in [-0.39, 0.29) is 11.3 Å². The minimum Gasteiger partial charge on any atom is -0.384 e. The second-order valence-electron chi connectivity index (χ2n) is 12.8. The predicted molar refractivity (Wildman–Crippen MR) is 142 cm³/mol. The molecular formula is C26H43B3N2O2. The first-order chi connectivity index (χ1) is 15.7. The molecule has 0 spiro atoms. The van der Waals surface area contributed by atoms with E-state index in [0.717, 1.165) is 59.5 Å². The summed E-state index contributed by atoms with van der Waals surface area (Å²) in [6.07, 6.45) is 11.9. The predicted octanol–water partition coefficient (Wildman–Crippen LogP) is 0.149. The lowest BCUT2D eigenvalue weighted by molar-refractivity contribution is -0.138. The number of nitrogens with zero attached hydrogens (tertiary/aromatic N) is 2. The van der Waals surface area contributed by atoms with Crippen LogP contribution in [0.25, 0.3) is 0 Å². The van der Waals surface area contributed by atoms with E-state index < -0.39 is 0 Å². The summed E-state index contributed by atoms with van der Waals surface area (Å²) in [5.41, 5.74) is 3.91. The van der Waals surface area contributed by atoms with Crippen molar-refractivity contribution in [2.75, 3.05) is 13.7 Å². The zero-order valence-corrected chi connectivity index (χ0v) is 22.0. The van der Waals surface area contributed by atoms with Crippen molar-refractivity contribution in [1.29, 1.82) is 0 Å². The highest BCUT2D eigenvalue weighted by Gasteiger charge is 2.61. The summed E-state index contributed by atoms with van der Waals surface area (Å²) in [6, 6.07) is 0. The van der Waals surface area contributed by atoms with Gasteiger partial charge in [0, 0.05) is 25.2 Å². The number of imidazole rings is 1. The Balaban J connectivity index is 1.32. The Morgan fingerprint density at radius 1 is 1.03 bits per heavy atom. The molecule has 4 aliphatic rings. The van der Waals surface area contributed by atoms with Gasteiger partial charge < -0.3 is 9.30 Å². The van der Waals surface area contributed by atoms with Crippen LogP contribution >= 0.6 is 0 Å². The molecule has 4 fully saturated rings. The van der Waals surface area contributed by atoms with Crippen LogP contribution in [0.1, 0.15) is 71.6 Å². The molecule has 8 unspecified atom stereocenters. The van der Waals surface area contributed by atoms with Crippen molar-refractivity contribution < 1.29 is 9.53 Å². The second-order valence-corrected chi connectivity index (χ2v) is 12.8. The van der Waals surface area contributed by atoms with Gasteiger partial charge in [-0.1, -0.05) is 13.8 Å². The van der Waals surface area contributed by atoms with Gasteiger partial charge in [-0.25, -0.2) is 0 Å². The van der Waals surface area contributed by atoms with Crippen molar-refractivity contribution in [2.24, 2.45) is 46.3 Å². The first-order valence-corrected chi connectivity index (χ1v) is 13.7. The zero-order chi connectivity index (χ0) is 23.5. The van der Waals surface area contributed by atoms with Crippen LogP contribution < -0.4 is 16.9 Å². The Hall–Kier alpha value is -0.965. The zero-order valence-electron chi connectivity index (χ0n) is 22.0. The smallest absolute Gasteiger partial charge is 0.186 e. The minimum atomic E-state index is 0.201. The molecule has 0 radical (unpaired) electrons. The molecule has 1 aromatic rings. The summed E-state index contributed by atoms with van der Waals surface area (Å²) in [4.78, 5) is 18.3. The van der Waals surface area contributed by atoms with E-state index in [2.05, 4.69) is 39.1 Å². The standard InChI is InChI=1S/C26H43B3N2O2/c1-25-10-8-15(14-33-3)12-16(25)4-5-17-18-6-7-20(26(18,2)11-9-19(17)25)21(32)13-31-23(28)22(27)30-24(31)29/h15-20H,4-14,27-29H2,1-3H3. The third kappa shape index (κ3) is 3.70. The van der Waals surface area contributed by atoms with Crippen molar-refractivity contribution in [3.63, 3.8) is 0 Å². The van der Waals surface area contributed by atoms with Crippen LogP contribution in [0.5, 0.6) is 0 Å². The number of methoxy groups -OCH3 is 1. The maximum atomic E-state index is 13.7. The number of fused-ring (bicyclic) bond motifs is 5. The van der Waals surface area contributed by atoms with Crippen LogP contribution in [0.15, 0.2) is 0 Å². The summed E-state index contributed by atoms with van der Waals surface area (Å²) in [5, 5.41) is 0. The molecule has 4 saturated carbocycles. The summed E-state index contributed by atoms with van der Waals surface area (Å²) < 4.78 is 7.68. The molecule has 1 heterocycles. The lowest BCUT2D eigenvalue weighted by Crippen LogP contribution is -2.54. The second kappa shape index (κ2) is 8.61. The van der Waals surface area contributed by atoms with Gasteiger partial charge >= 0.3 is 0 Å². The van der Waals surface area contributed by atoms with Gasteiger partial charge in [0.05, 0.1) is 12.3 Å². The highest BCUT2D eigenvalue weighted by molar-refractivity contribution is 6.48. The molecule has 8 atom stereocenters. The van der Waals surface area contributed by atoms with Gasteiger partial charge in [-0.05, 0) is 104 Å². The van der Waals surface area contributed by atoms with Gasteiger partial charge in [0.25, 0.3) is 0 Å². The van der Waals surface area contributed by atoms with Gasteiger partial charge in [-0.3, -0.25) is 9.78 Å². The van der Waals surface area contributed by atoms with E-state index >= 15 is 0 Å². The normalized spacial score (nSPS) is 42.4. The molecule has 5 rings (SSSR count). The maximum Gasteiger partial charge on any atom is 0.186 e.